The molecule has 1 aromatic carbocycles. The summed E-state index contributed by atoms with van der Waals surface area (Å²) in [4.78, 5) is 2.18. The first-order chi connectivity index (χ1) is 11.0. The van der Waals surface area contributed by atoms with Gasteiger partial charge in [0.05, 0.1) is 12.8 Å². The molecule has 0 bridgehead atoms. The van der Waals surface area contributed by atoms with Crippen molar-refractivity contribution in [2.24, 2.45) is 5.92 Å². The lowest BCUT2D eigenvalue weighted by molar-refractivity contribution is 0.0591. The van der Waals surface area contributed by atoms with Crippen LogP contribution in [0.3, 0.4) is 0 Å². The number of hydrogen-bond donors (Lipinski definition) is 1. The number of hydrogen-bond acceptors (Lipinski definition) is 4. The molecule has 23 heavy (non-hydrogen) atoms. The minimum atomic E-state index is -0.570. The maximum Gasteiger partial charge on any atom is 0.119 e. The van der Waals surface area contributed by atoms with Crippen LogP contribution in [-0.4, -0.2) is 35.8 Å². The van der Waals surface area contributed by atoms with Gasteiger partial charge in [-0.05, 0) is 42.3 Å². The molecule has 0 aliphatic heterocycles. The number of benzene rings is 1. The summed E-state index contributed by atoms with van der Waals surface area (Å²) in [6, 6.07) is 11.0. The smallest absolute Gasteiger partial charge is 0.119 e. The summed E-state index contributed by atoms with van der Waals surface area (Å²) in [5.41, 5.74) is 0. The van der Waals surface area contributed by atoms with E-state index in [4.69, 9.17) is 20.8 Å². The minimum Gasteiger partial charge on any atom is -0.491 e. The van der Waals surface area contributed by atoms with Crippen LogP contribution in [0.5, 0.6) is 5.75 Å². The molecule has 0 unspecified atom stereocenters. The number of aliphatic hydroxyl groups excluding tert-OH is 1. The fraction of sp³-hybridized carbons (Fsp3) is 0.444. The summed E-state index contributed by atoms with van der Waals surface area (Å²) in [6.45, 7) is 6.67. The fourth-order valence-electron chi connectivity index (χ4n) is 2.42. The molecule has 0 amide bonds. The standard InChI is InChI=1S/C18H24ClNO3/c1-14(2)10-20(12-18-4-3-9-22-18)11-16(21)13-23-17-7-5-15(19)6-8-17/h3-9,14,16,21H,10-13H2,1-2H3/t16-/m0/s1. The Labute approximate surface area is 142 Å². The monoisotopic (exact) mass is 337 g/mol. The van der Waals surface area contributed by atoms with Crippen molar-refractivity contribution in [1.82, 2.24) is 4.90 Å². The maximum absolute atomic E-state index is 10.3. The normalized spacial score (nSPS) is 12.8. The molecule has 0 fully saturated rings. The van der Waals surface area contributed by atoms with Crippen LogP contribution in [0.4, 0.5) is 0 Å². The molecule has 1 aromatic heterocycles. The van der Waals surface area contributed by atoms with E-state index < -0.39 is 6.10 Å². The van der Waals surface area contributed by atoms with Crippen LogP contribution in [0.2, 0.25) is 5.02 Å². The lowest BCUT2D eigenvalue weighted by Crippen LogP contribution is -2.37. The van der Waals surface area contributed by atoms with E-state index in [-0.39, 0.29) is 6.61 Å². The molecule has 0 saturated carbocycles. The second-order valence-electron chi connectivity index (χ2n) is 6.09. The van der Waals surface area contributed by atoms with Gasteiger partial charge in [-0.2, -0.15) is 0 Å². The van der Waals surface area contributed by atoms with Crippen molar-refractivity contribution < 1.29 is 14.3 Å². The molecule has 1 N–H and O–H groups in total. The van der Waals surface area contributed by atoms with Gasteiger partial charge in [-0.1, -0.05) is 25.4 Å². The Balaban J connectivity index is 1.83. The van der Waals surface area contributed by atoms with Crippen molar-refractivity contribution in [3.63, 3.8) is 0 Å². The Morgan fingerprint density at radius 2 is 1.91 bits per heavy atom. The quantitative estimate of drug-likeness (QED) is 0.755. The molecule has 1 heterocycles. The maximum atomic E-state index is 10.3. The molecule has 2 aromatic rings. The van der Waals surface area contributed by atoms with Crippen molar-refractivity contribution in [1.29, 1.82) is 0 Å². The SMILES string of the molecule is CC(C)CN(Cc1ccco1)C[C@H](O)COc1ccc(Cl)cc1. The van der Waals surface area contributed by atoms with E-state index in [9.17, 15) is 5.11 Å². The van der Waals surface area contributed by atoms with Crippen LogP contribution in [0, 0.1) is 5.92 Å². The van der Waals surface area contributed by atoms with E-state index in [1.54, 1.807) is 30.5 Å². The Morgan fingerprint density at radius 3 is 2.52 bits per heavy atom. The lowest BCUT2D eigenvalue weighted by atomic mass is 10.2. The van der Waals surface area contributed by atoms with Crippen LogP contribution in [0.15, 0.2) is 47.1 Å². The summed E-state index contributed by atoms with van der Waals surface area (Å²) < 4.78 is 11.0. The number of aliphatic hydroxyl groups is 1. The van der Waals surface area contributed by atoms with Crippen LogP contribution in [0.25, 0.3) is 0 Å². The molecule has 4 nitrogen and oxygen atoms in total. The molecule has 2 rings (SSSR count). The van der Waals surface area contributed by atoms with Crippen molar-refractivity contribution >= 4 is 11.6 Å². The molecule has 126 valence electrons. The molecular formula is C18H24ClNO3. The second kappa shape index (κ2) is 8.96. The van der Waals surface area contributed by atoms with Crippen molar-refractivity contribution in [3.05, 3.63) is 53.4 Å². The van der Waals surface area contributed by atoms with Crippen LogP contribution in [-0.2, 0) is 6.54 Å². The predicted octanol–water partition coefficient (Wildman–Crippen LogP) is 3.83. The highest BCUT2D eigenvalue weighted by atomic mass is 35.5. The highest BCUT2D eigenvalue weighted by molar-refractivity contribution is 6.30. The van der Waals surface area contributed by atoms with Crippen LogP contribution in [0.1, 0.15) is 19.6 Å². The van der Waals surface area contributed by atoms with E-state index in [1.807, 2.05) is 12.1 Å². The van der Waals surface area contributed by atoms with Gasteiger partial charge in [0.25, 0.3) is 0 Å². The van der Waals surface area contributed by atoms with Gasteiger partial charge >= 0.3 is 0 Å². The molecule has 0 aliphatic carbocycles. The third-order valence-electron chi connectivity index (χ3n) is 3.31. The van der Waals surface area contributed by atoms with Gasteiger partial charge < -0.3 is 14.3 Å². The summed E-state index contributed by atoms with van der Waals surface area (Å²) in [5, 5.41) is 10.9. The topological polar surface area (TPSA) is 45.8 Å². The van der Waals surface area contributed by atoms with E-state index in [2.05, 4.69) is 18.7 Å². The van der Waals surface area contributed by atoms with Gasteiger partial charge in [0, 0.05) is 18.1 Å². The van der Waals surface area contributed by atoms with E-state index in [0.29, 0.717) is 29.8 Å². The van der Waals surface area contributed by atoms with Crippen molar-refractivity contribution in [2.45, 2.75) is 26.5 Å². The highest BCUT2D eigenvalue weighted by Gasteiger charge is 2.15. The van der Waals surface area contributed by atoms with Gasteiger partial charge in [-0.25, -0.2) is 0 Å². The Hall–Kier alpha value is -1.49. The Kier molecular flexibility index (Phi) is 6.96. The summed E-state index contributed by atoms with van der Waals surface area (Å²) in [6.07, 6.45) is 1.10. The fourth-order valence-corrected chi connectivity index (χ4v) is 2.54. The third kappa shape index (κ3) is 6.65. The molecule has 0 aliphatic rings. The molecule has 0 radical (unpaired) electrons. The molecule has 5 heteroatoms. The number of ether oxygens (including phenoxy) is 1. The minimum absolute atomic E-state index is 0.244. The zero-order chi connectivity index (χ0) is 16.7. The number of rotatable bonds is 9. The van der Waals surface area contributed by atoms with Gasteiger partial charge in [0.2, 0.25) is 0 Å². The third-order valence-corrected chi connectivity index (χ3v) is 3.56. The first-order valence-corrected chi connectivity index (χ1v) is 8.22. The first-order valence-electron chi connectivity index (χ1n) is 7.84. The van der Waals surface area contributed by atoms with Gasteiger partial charge in [-0.15, -0.1) is 0 Å². The molecule has 0 spiro atoms. The average molecular weight is 338 g/mol. The van der Waals surface area contributed by atoms with Gasteiger partial charge in [0.1, 0.15) is 24.2 Å². The number of furan rings is 1. The first kappa shape index (κ1) is 17.9. The van der Waals surface area contributed by atoms with Crippen LogP contribution >= 0.6 is 11.6 Å². The second-order valence-corrected chi connectivity index (χ2v) is 6.52. The molecular weight excluding hydrogens is 314 g/mol. The lowest BCUT2D eigenvalue weighted by Gasteiger charge is -2.25. The van der Waals surface area contributed by atoms with Crippen LogP contribution < -0.4 is 4.74 Å². The Morgan fingerprint density at radius 1 is 1.17 bits per heavy atom. The molecule has 1 atom stereocenters. The predicted molar refractivity (Wildman–Crippen MR) is 91.8 cm³/mol. The van der Waals surface area contributed by atoms with E-state index in [0.717, 1.165) is 12.3 Å². The zero-order valence-electron chi connectivity index (χ0n) is 13.6. The van der Waals surface area contributed by atoms with Gasteiger partial charge in [-0.3, -0.25) is 4.90 Å². The Bertz CT molecular complexity index is 554. The van der Waals surface area contributed by atoms with Gasteiger partial charge in [0.15, 0.2) is 0 Å². The molecule has 0 saturated heterocycles. The zero-order valence-corrected chi connectivity index (χ0v) is 14.4. The number of nitrogens with zero attached hydrogens (tertiary/aromatic N) is 1. The van der Waals surface area contributed by atoms with Crippen molar-refractivity contribution in [3.8, 4) is 5.75 Å². The highest BCUT2D eigenvalue weighted by Crippen LogP contribution is 2.16. The number of halogens is 1. The van der Waals surface area contributed by atoms with Crippen molar-refractivity contribution in [2.75, 3.05) is 19.7 Å². The average Bonchev–Trinajstić information content (AvgIpc) is 2.99. The summed E-state index contributed by atoms with van der Waals surface area (Å²) >= 11 is 5.84. The summed E-state index contributed by atoms with van der Waals surface area (Å²) in [5.74, 6) is 2.11. The van der Waals surface area contributed by atoms with E-state index in [1.165, 1.54) is 0 Å². The van der Waals surface area contributed by atoms with E-state index >= 15 is 0 Å². The summed E-state index contributed by atoms with van der Waals surface area (Å²) in [7, 11) is 0. The largest absolute Gasteiger partial charge is 0.491 e.